The molecule has 0 bridgehead atoms. The first kappa shape index (κ1) is 20.9. The van der Waals surface area contributed by atoms with Crippen LogP contribution in [0.4, 0.5) is 0 Å². The molecule has 156 valence electrons. The molecule has 1 atom stereocenters. The molecule has 0 radical (unpaired) electrons. The Balaban J connectivity index is 1.65. The van der Waals surface area contributed by atoms with Crippen molar-refractivity contribution in [1.29, 1.82) is 0 Å². The van der Waals surface area contributed by atoms with Gasteiger partial charge in [-0.25, -0.2) is 0 Å². The first-order chi connectivity index (χ1) is 14.3. The SMILES string of the molecule is NC1=C(C2=NCC(C(=O)Cl)Cc3conc32)CN(C(=O)c2ccc(Cl)c(Cl)c2)CC1. The second-order valence-corrected chi connectivity index (χ2v) is 8.38. The van der Waals surface area contributed by atoms with Crippen LogP contribution in [0.1, 0.15) is 28.0 Å². The molecule has 2 aromatic rings. The Kier molecular flexibility index (Phi) is 5.86. The van der Waals surface area contributed by atoms with E-state index < -0.39 is 11.2 Å². The Morgan fingerprint density at radius 1 is 1.23 bits per heavy atom. The van der Waals surface area contributed by atoms with E-state index >= 15 is 0 Å². The van der Waals surface area contributed by atoms with Crippen LogP contribution in [0.3, 0.4) is 0 Å². The van der Waals surface area contributed by atoms with Crippen molar-refractivity contribution in [3.63, 3.8) is 0 Å². The fourth-order valence-corrected chi connectivity index (χ4v) is 4.03. The molecule has 4 rings (SSSR count). The second kappa shape index (κ2) is 8.41. The molecule has 30 heavy (non-hydrogen) atoms. The van der Waals surface area contributed by atoms with E-state index in [0.29, 0.717) is 57.7 Å². The van der Waals surface area contributed by atoms with Gasteiger partial charge in [-0.15, -0.1) is 0 Å². The number of hydrogen-bond donors (Lipinski definition) is 1. The van der Waals surface area contributed by atoms with Crippen molar-refractivity contribution in [2.24, 2.45) is 16.6 Å². The summed E-state index contributed by atoms with van der Waals surface area (Å²) in [5.74, 6) is -0.663. The summed E-state index contributed by atoms with van der Waals surface area (Å²) in [7, 11) is 0. The van der Waals surface area contributed by atoms with Gasteiger partial charge in [0.2, 0.25) is 5.24 Å². The minimum absolute atomic E-state index is 0.193. The number of benzene rings is 1. The van der Waals surface area contributed by atoms with Crippen molar-refractivity contribution in [1.82, 2.24) is 10.1 Å². The van der Waals surface area contributed by atoms with Crippen molar-refractivity contribution >= 4 is 51.7 Å². The van der Waals surface area contributed by atoms with Crippen molar-refractivity contribution in [3.8, 4) is 0 Å². The normalized spacial score (nSPS) is 19.2. The van der Waals surface area contributed by atoms with Crippen LogP contribution in [-0.2, 0) is 11.2 Å². The molecule has 1 aromatic carbocycles. The number of carbonyl (C=O) groups excluding carboxylic acids is 2. The van der Waals surface area contributed by atoms with Crippen LogP contribution in [-0.4, -0.2) is 46.6 Å². The third kappa shape index (κ3) is 3.97. The van der Waals surface area contributed by atoms with E-state index in [1.165, 1.54) is 6.26 Å². The van der Waals surface area contributed by atoms with Crippen LogP contribution in [0.25, 0.3) is 0 Å². The molecule has 10 heteroatoms. The van der Waals surface area contributed by atoms with E-state index in [1.54, 1.807) is 23.1 Å². The van der Waals surface area contributed by atoms with Gasteiger partial charge in [-0.1, -0.05) is 28.4 Å². The average molecular weight is 468 g/mol. The second-order valence-electron chi connectivity index (χ2n) is 7.19. The van der Waals surface area contributed by atoms with E-state index in [-0.39, 0.29) is 19.0 Å². The van der Waals surface area contributed by atoms with Crippen LogP contribution >= 0.6 is 34.8 Å². The lowest BCUT2D eigenvalue weighted by Crippen LogP contribution is -2.40. The number of nitrogens with zero attached hydrogens (tertiary/aromatic N) is 3. The lowest BCUT2D eigenvalue weighted by Gasteiger charge is -2.30. The van der Waals surface area contributed by atoms with Crippen molar-refractivity contribution in [3.05, 3.63) is 62.6 Å². The van der Waals surface area contributed by atoms with Gasteiger partial charge in [0.25, 0.3) is 5.91 Å². The first-order valence-corrected chi connectivity index (χ1v) is 10.4. The fraction of sp³-hybridized carbons (Fsp3) is 0.300. The standard InChI is InChI=1S/C20H17Cl3N4O3/c21-14-2-1-10(6-15(14)22)20(29)27-4-3-16(24)13(8-27)18-17-12(9-30-26-17)5-11(7-25-18)19(23)28/h1-2,6,9,11H,3-5,7-8,24H2. The molecule has 0 saturated heterocycles. The summed E-state index contributed by atoms with van der Waals surface area (Å²) >= 11 is 17.7. The van der Waals surface area contributed by atoms with Crippen LogP contribution in [0, 0.1) is 5.92 Å². The molecule has 1 amide bonds. The number of aliphatic imine (C=N–C) groups is 1. The first-order valence-electron chi connectivity index (χ1n) is 9.24. The maximum atomic E-state index is 13.0. The Morgan fingerprint density at radius 2 is 2.03 bits per heavy atom. The number of halogens is 3. The Hall–Kier alpha value is -2.35. The van der Waals surface area contributed by atoms with Gasteiger partial charge in [0.05, 0.1) is 28.2 Å². The molecular weight excluding hydrogens is 451 g/mol. The van der Waals surface area contributed by atoms with E-state index in [2.05, 4.69) is 10.1 Å². The largest absolute Gasteiger partial charge is 0.402 e. The van der Waals surface area contributed by atoms with E-state index in [4.69, 9.17) is 45.1 Å². The fourth-order valence-electron chi connectivity index (χ4n) is 3.58. The molecular formula is C20H17Cl3N4O3. The maximum Gasteiger partial charge on any atom is 0.254 e. The summed E-state index contributed by atoms with van der Waals surface area (Å²) in [5.41, 5.74) is 9.83. The van der Waals surface area contributed by atoms with Gasteiger partial charge < -0.3 is 15.2 Å². The summed E-state index contributed by atoms with van der Waals surface area (Å²) in [6.07, 6.45) is 2.35. The molecule has 7 nitrogen and oxygen atoms in total. The highest BCUT2D eigenvalue weighted by Crippen LogP contribution is 2.28. The minimum Gasteiger partial charge on any atom is -0.402 e. The number of aromatic nitrogens is 1. The van der Waals surface area contributed by atoms with Gasteiger partial charge in [-0.05, 0) is 36.2 Å². The molecule has 0 saturated carbocycles. The number of hydrogen-bond acceptors (Lipinski definition) is 6. The van der Waals surface area contributed by atoms with Gasteiger partial charge in [0, 0.05) is 41.9 Å². The third-order valence-corrected chi connectivity index (χ3v) is 6.30. The minimum atomic E-state index is -0.471. The molecule has 3 heterocycles. The van der Waals surface area contributed by atoms with E-state index in [1.807, 2.05) is 0 Å². The number of amides is 1. The zero-order valence-corrected chi connectivity index (χ0v) is 18.0. The highest BCUT2D eigenvalue weighted by atomic mass is 35.5. The number of rotatable bonds is 3. The Labute approximate surface area is 187 Å². The van der Waals surface area contributed by atoms with Crippen LogP contribution in [0.15, 0.2) is 45.2 Å². The highest BCUT2D eigenvalue weighted by molar-refractivity contribution is 6.64. The predicted octanol–water partition coefficient (Wildman–Crippen LogP) is 3.47. The quantitative estimate of drug-likeness (QED) is 0.697. The van der Waals surface area contributed by atoms with Gasteiger partial charge in [0.1, 0.15) is 12.0 Å². The number of nitrogens with two attached hydrogens (primary N) is 1. The van der Waals surface area contributed by atoms with Crippen LogP contribution in [0.2, 0.25) is 10.0 Å². The topological polar surface area (TPSA) is 102 Å². The van der Waals surface area contributed by atoms with Gasteiger partial charge in [-0.2, -0.15) is 0 Å². The van der Waals surface area contributed by atoms with E-state index in [9.17, 15) is 9.59 Å². The summed E-state index contributed by atoms with van der Waals surface area (Å²) in [4.78, 5) is 31.0. The molecule has 2 aliphatic heterocycles. The van der Waals surface area contributed by atoms with Crippen molar-refractivity contribution in [2.45, 2.75) is 12.8 Å². The predicted molar refractivity (Wildman–Crippen MR) is 114 cm³/mol. The summed E-state index contributed by atoms with van der Waals surface area (Å²) < 4.78 is 5.12. The summed E-state index contributed by atoms with van der Waals surface area (Å²) in [5, 5.41) is 4.29. The van der Waals surface area contributed by atoms with Crippen molar-refractivity contribution in [2.75, 3.05) is 19.6 Å². The molecule has 2 N–H and O–H groups in total. The maximum absolute atomic E-state index is 13.0. The van der Waals surface area contributed by atoms with Gasteiger partial charge in [-0.3, -0.25) is 14.6 Å². The zero-order valence-electron chi connectivity index (χ0n) is 15.7. The molecule has 0 fully saturated rings. The van der Waals surface area contributed by atoms with Crippen molar-refractivity contribution < 1.29 is 14.1 Å². The lowest BCUT2D eigenvalue weighted by molar-refractivity contribution is -0.114. The highest BCUT2D eigenvalue weighted by Gasteiger charge is 2.32. The molecule has 2 aliphatic rings. The molecule has 0 aliphatic carbocycles. The number of carbonyl (C=O) groups is 2. The smallest absolute Gasteiger partial charge is 0.254 e. The monoisotopic (exact) mass is 466 g/mol. The third-order valence-electron chi connectivity index (χ3n) is 5.25. The Bertz CT molecular complexity index is 1090. The van der Waals surface area contributed by atoms with Crippen LogP contribution < -0.4 is 5.73 Å². The summed E-state index contributed by atoms with van der Waals surface area (Å²) in [6.45, 7) is 0.914. The van der Waals surface area contributed by atoms with Gasteiger partial charge >= 0.3 is 0 Å². The molecule has 1 aromatic heterocycles. The van der Waals surface area contributed by atoms with Crippen LogP contribution in [0.5, 0.6) is 0 Å². The van der Waals surface area contributed by atoms with E-state index in [0.717, 1.165) is 5.56 Å². The molecule has 1 unspecified atom stereocenters. The Morgan fingerprint density at radius 3 is 2.77 bits per heavy atom. The lowest BCUT2D eigenvalue weighted by atomic mass is 9.96. The van der Waals surface area contributed by atoms with Gasteiger partial charge in [0.15, 0.2) is 0 Å². The number of fused-ring (bicyclic) bond motifs is 1. The zero-order chi connectivity index (χ0) is 21.4. The average Bonchev–Trinajstić information content (AvgIpc) is 3.10. The summed E-state index contributed by atoms with van der Waals surface area (Å²) in [6, 6.07) is 4.77. The molecule has 0 spiro atoms.